The van der Waals surface area contributed by atoms with Crippen molar-refractivity contribution in [3.8, 4) is 0 Å². The van der Waals surface area contributed by atoms with Crippen molar-refractivity contribution in [3.05, 3.63) is 28.0 Å². The van der Waals surface area contributed by atoms with E-state index in [1.165, 1.54) is 25.7 Å². The molecule has 0 saturated heterocycles. The number of pyridine rings is 1. The van der Waals surface area contributed by atoms with Gasteiger partial charge in [0.05, 0.1) is 5.02 Å². The van der Waals surface area contributed by atoms with Crippen LogP contribution < -0.4 is 5.32 Å². The Labute approximate surface area is 130 Å². The molecule has 0 bridgehead atoms. The van der Waals surface area contributed by atoms with Crippen molar-refractivity contribution < 1.29 is 4.79 Å². The lowest BCUT2D eigenvalue weighted by Crippen LogP contribution is -2.27. The number of hydrogen-bond donors (Lipinski definition) is 1. The minimum Gasteiger partial charge on any atom is -0.351 e. The highest BCUT2D eigenvalue weighted by Gasteiger charge is 2.18. The van der Waals surface area contributed by atoms with Gasteiger partial charge in [-0.2, -0.15) is 0 Å². The third kappa shape index (κ3) is 4.35. The lowest BCUT2D eigenvalue weighted by Gasteiger charge is -2.26. The van der Waals surface area contributed by atoms with E-state index in [9.17, 15) is 4.79 Å². The van der Waals surface area contributed by atoms with Gasteiger partial charge in [0.1, 0.15) is 10.8 Å². The molecule has 0 unspecified atom stereocenters. The van der Waals surface area contributed by atoms with E-state index in [1.807, 2.05) is 0 Å². The summed E-state index contributed by atoms with van der Waals surface area (Å²) < 4.78 is 0. The molecule has 0 spiro atoms. The maximum Gasteiger partial charge on any atom is 0.271 e. The Kier molecular flexibility index (Phi) is 5.67. The topological polar surface area (TPSA) is 42.0 Å². The molecular formula is C15H20Cl2N2O. The number of nitrogens with zero attached hydrogens (tertiary/aromatic N) is 1. The monoisotopic (exact) mass is 314 g/mol. The first-order chi connectivity index (χ1) is 9.56. The number of nitrogens with one attached hydrogen (secondary N) is 1. The Morgan fingerprint density at radius 3 is 2.70 bits per heavy atom. The molecule has 5 heteroatoms. The van der Waals surface area contributed by atoms with Crippen molar-refractivity contribution >= 4 is 29.1 Å². The largest absolute Gasteiger partial charge is 0.351 e. The number of hydrogen-bond acceptors (Lipinski definition) is 2. The predicted octanol–water partition coefficient (Wildman–Crippen LogP) is 4.33. The van der Waals surface area contributed by atoms with Crippen molar-refractivity contribution in [2.75, 3.05) is 6.54 Å². The van der Waals surface area contributed by atoms with E-state index < -0.39 is 0 Å². The molecule has 20 heavy (non-hydrogen) atoms. The zero-order chi connectivity index (χ0) is 14.5. The van der Waals surface area contributed by atoms with Gasteiger partial charge < -0.3 is 5.32 Å². The molecule has 0 atom stereocenters. The van der Waals surface area contributed by atoms with Crippen LogP contribution in [0.2, 0.25) is 10.2 Å². The minimum absolute atomic E-state index is 0.205. The van der Waals surface area contributed by atoms with Gasteiger partial charge in [-0.3, -0.25) is 4.79 Å². The van der Waals surface area contributed by atoms with Crippen LogP contribution in [-0.2, 0) is 0 Å². The number of aromatic nitrogens is 1. The molecule has 1 N–H and O–H groups in total. The zero-order valence-corrected chi connectivity index (χ0v) is 13.2. The predicted molar refractivity (Wildman–Crippen MR) is 82.3 cm³/mol. The van der Waals surface area contributed by atoms with Crippen molar-refractivity contribution in [2.24, 2.45) is 11.8 Å². The van der Waals surface area contributed by atoms with Crippen LogP contribution in [0.3, 0.4) is 0 Å². The smallest absolute Gasteiger partial charge is 0.271 e. The van der Waals surface area contributed by atoms with Crippen LogP contribution in [0.4, 0.5) is 0 Å². The third-order valence-electron chi connectivity index (χ3n) is 4.00. The van der Waals surface area contributed by atoms with Gasteiger partial charge in [0, 0.05) is 6.54 Å². The molecule has 0 radical (unpaired) electrons. The molecule has 3 nitrogen and oxygen atoms in total. The Balaban J connectivity index is 1.79. The fourth-order valence-corrected chi connectivity index (χ4v) is 3.01. The third-order valence-corrected chi connectivity index (χ3v) is 4.52. The summed E-state index contributed by atoms with van der Waals surface area (Å²) >= 11 is 11.7. The second kappa shape index (κ2) is 7.28. The standard InChI is InChI=1S/C15H20Cl2N2O/c1-10-2-4-11(5-3-10)8-9-18-15(20)14-12(16)6-7-13(17)19-14/h6-7,10-11H,2-5,8-9H2,1H3,(H,18,20). The van der Waals surface area contributed by atoms with E-state index in [0.717, 1.165) is 18.3 Å². The van der Waals surface area contributed by atoms with E-state index in [-0.39, 0.29) is 16.8 Å². The van der Waals surface area contributed by atoms with Crippen LogP contribution in [0.5, 0.6) is 0 Å². The lowest BCUT2D eigenvalue weighted by molar-refractivity contribution is 0.0945. The molecule has 1 aliphatic carbocycles. The summed E-state index contributed by atoms with van der Waals surface area (Å²) in [5, 5.41) is 3.49. The Hall–Kier alpha value is -0.800. The first-order valence-corrected chi connectivity index (χ1v) is 7.92. The number of amides is 1. The normalized spacial score (nSPS) is 22.6. The molecule has 0 aromatic carbocycles. The second-order valence-corrected chi connectivity index (χ2v) is 6.43. The molecule has 1 fully saturated rings. The first-order valence-electron chi connectivity index (χ1n) is 7.16. The summed E-state index contributed by atoms with van der Waals surface area (Å²) in [4.78, 5) is 16.0. The van der Waals surface area contributed by atoms with E-state index in [4.69, 9.17) is 23.2 Å². The maximum atomic E-state index is 12.0. The fraction of sp³-hybridized carbons (Fsp3) is 0.600. The second-order valence-electron chi connectivity index (χ2n) is 5.63. The molecule has 1 aromatic rings. The molecule has 1 saturated carbocycles. The summed E-state index contributed by atoms with van der Waals surface area (Å²) in [6.45, 7) is 2.98. The molecule has 1 heterocycles. The number of rotatable bonds is 4. The Bertz CT molecular complexity index is 471. The van der Waals surface area contributed by atoms with Gasteiger partial charge in [0.25, 0.3) is 5.91 Å². The number of carbonyl (C=O) groups is 1. The van der Waals surface area contributed by atoms with Crippen molar-refractivity contribution in [2.45, 2.75) is 39.0 Å². The molecule has 1 aromatic heterocycles. The van der Waals surface area contributed by atoms with Crippen LogP contribution in [0, 0.1) is 11.8 Å². The van der Waals surface area contributed by atoms with Gasteiger partial charge in [-0.25, -0.2) is 4.98 Å². The summed E-state index contributed by atoms with van der Waals surface area (Å²) in [5.74, 6) is 1.34. The van der Waals surface area contributed by atoms with Crippen LogP contribution >= 0.6 is 23.2 Å². The van der Waals surface area contributed by atoms with Gasteiger partial charge in [-0.15, -0.1) is 0 Å². The van der Waals surface area contributed by atoms with Crippen molar-refractivity contribution in [3.63, 3.8) is 0 Å². The van der Waals surface area contributed by atoms with Crippen LogP contribution in [-0.4, -0.2) is 17.4 Å². The van der Waals surface area contributed by atoms with E-state index in [0.29, 0.717) is 11.6 Å². The van der Waals surface area contributed by atoms with Gasteiger partial charge in [0.15, 0.2) is 0 Å². The van der Waals surface area contributed by atoms with Crippen LogP contribution in [0.15, 0.2) is 12.1 Å². The highest BCUT2D eigenvalue weighted by Crippen LogP contribution is 2.29. The summed E-state index contributed by atoms with van der Waals surface area (Å²) in [5.41, 5.74) is 0.205. The van der Waals surface area contributed by atoms with E-state index >= 15 is 0 Å². The number of carbonyl (C=O) groups excluding carboxylic acids is 1. The Morgan fingerprint density at radius 1 is 1.30 bits per heavy atom. The number of halogens is 2. The molecule has 0 aliphatic heterocycles. The highest BCUT2D eigenvalue weighted by atomic mass is 35.5. The van der Waals surface area contributed by atoms with Gasteiger partial charge in [-0.05, 0) is 30.4 Å². The molecule has 2 rings (SSSR count). The van der Waals surface area contributed by atoms with Gasteiger partial charge in [-0.1, -0.05) is 55.8 Å². The summed E-state index contributed by atoms with van der Waals surface area (Å²) in [6.07, 6.45) is 6.18. The molecule has 110 valence electrons. The highest BCUT2D eigenvalue weighted by molar-refractivity contribution is 6.34. The molecule has 1 aliphatic rings. The van der Waals surface area contributed by atoms with Crippen LogP contribution in [0.25, 0.3) is 0 Å². The van der Waals surface area contributed by atoms with Gasteiger partial charge >= 0.3 is 0 Å². The lowest BCUT2D eigenvalue weighted by atomic mass is 9.81. The SMILES string of the molecule is CC1CCC(CCNC(=O)c2nc(Cl)ccc2Cl)CC1. The first kappa shape index (κ1) is 15.6. The average molecular weight is 315 g/mol. The maximum absolute atomic E-state index is 12.0. The minimum atomic E-state index is -0.248. The molecule has 1 amide bonds. The summed E-state index contributed by atoms with van der Waals surface area (Å²) in [7, 11) is 0. The van der Waals surface area contributed by atoms with Crippen LogP contribution in [0.1, 0.15) is 49.5 Å². The average Bonchev–Trinajstić information content (AvgIpc) is 2.43. The van der Waals surface area contributed by atoms with E-state index in [1.54, 1.807) is 12.1 Å². The van der Waals surface area contributed by atoms with E-state index in [2.05, 4.69) is 17.2 Å². The summed E-state index contributed by atoms with van der Waals surface area (Å²) in [6, 6.07) is 3.16. The quantitative estimate of drug-likeness (QED) is 0.840. The van der Waals surface area contributed by atoms with Crippen molar-refractivity contribution in [1.82, 2.24) is 10.3 Å². The molecular weight excluding hydrogens is 295 g/mol. The fourth-order valence-electron chi connectivity index (χ4n) is 2.67. The van der Waals surface area contributed by atoms with Crippen molar-refractivity contribution in [1.29, 1.82) is 0 Å². The Morgan fingerprint density at radius 2 is 2.00 bits per heavy atom. The van der Waals surface area contributed by atoms with Gasteiger partial charge in [0.2, 0.25) is 0 Å². The zero-order valence-electron chi connectivity index (χ0n) is 11.7.